The maximum atomic E-state index is 14.6. The third-order valence-electron chi connectivity index (χ3n) is 7.17. The normalized spacial score (nSPS) is 21.3. The Morgan fingerprint density at radius 2 is 1.75 bits per heavy atom. The van der Waals surface area contributed by atoms with Gasteiger partial charge in [-0.25, -0.2) is 12.8 Å². The number of benzene rings is 3. The van der Waals surface area contributed by atoms with E-state index in [1.165, 1.54) is 22.5 Å². The molecular formula is C28H27FN2O4S. The number of rotatable bonds is 4. The zero-order valence-electron chi connectivity index (χ0n) is 20.1. The first-order valence-electron chi connectivity index (χ1n) is 11.7. The molecule has 2 heterocycles. The highest BCUT2D eigenvalue weighted by Crippen LogP contribution is 2.50. The number of fused-ring (bicyclic) bond motifs is 3. The summed E-state index contributed by atoms with van der Waals surface area (Å²) in [7, 11) is -0.577. The fraction of sp³-hybridized carbons (Fsp3) is 0.286. The zero-order chi connectivity index (χ0) is 25.4. The Morgan fingerprint density at radius 3 is 2.44 bits per heavy atom. The van der Waals surface area contributed by atoms with Gasteiger partial charge in [-0.1, -0.05) is 24.0 Å². The van der Waals surface area contributed by atoms with Gasteiger partial charge >= 0.3 is 0 Å². The van der Waals surface area contributed by atoms with Gasteiger partial charge in [0, 0.05) is 36.3 Å². The van der Waals surface area contributed by atoms with Crippen molar-refractivity contribution in [3.63, 3.8) is 0 Å². The standard InChI is InChI=1S/C28H27FN2O4S/c1-30-25-14-11-20(8-7-19-9-12-21(35-2)13-10-19)17-23(25)28-22(26(30)18-32)15-16-31(28)36(33,34)27-6-4-3-5-24(27)29/h3-6,9-14,17,22,26,28,32H,15-16,18H2,1-2H3/t22-,26+,28-/m1/s1. The molecule has 186 valence electrons. The van der Waals surface area contributed by atoms with Gasteiger partial charge in [0.05, 0.1) is 25.8 Å². The van der Waals surface area contributed by atoms with E-state index in [1.54, 1.807) is 7.11 Å². The number of ether oxygens (including phenoxy) is 1. The molecular weight excluding hydrogens is 479 g/mol. The van der Waals surface area contributed by atoms with Crippen molar-refractivity contribution in [3.05, 3.63) is 89.2 Å². The molecule has 0 unspecified atom stereocenters. The highest BCUT2D eigenvalue weighted by Gasteiger charge is 2.50. The van der Waals surface area contributed by atoms with Crippen LogP contribution in [0.1, 0.15) is 29.2 Å². The number of anilines is 1. The number of aliphatic hydroxyl groups excluding tert-OH is 1. The first kappa shape index (κ1) is 24.3. The molecule has 36 heavy (non-hydrogen) atoms. The quantitative estimate of drug-likeness (QED) is 0.546. The first-order valence-corrected chi connectivity index (χ1v) is 13.2. The highest BCUT2D eigenvalue weighted by molar-refractivity contribution is 7.89. The molecule has 1 saturated heterocycles. The van der Waals surface area contributed by atoms with Gasteiger partial charge < -0.3 is 14.7 Å². The number of likely N-dealkylation sites (N-methyl/N-ethyl adjacent to an activating group) is 1. The predicted molar refractivity (Wildman–Crippen MR) is 136 cm³/mol. The molecule has 0 aliphatic carbocycles. The van der Waals surface area contributed by atoms with E-state index >= 15 is 0 Å². The first-order chi connectivity index (χ1) is 17.3. The van der Waals surface area contributed by atoms with Crippen molar-refractivity contribution in [3.8, 4) is 17.6 Å². The van der Waals surface area contributed by atoms with E-state index in [4.69, 9.17) is 4.74 Å². The molecule has 0 bridgehead atoms. The van der Waals surface area contributed by atoms with Crippen molar-refractivity contribution in [2.75, 3.05) is 32.2 Å². The van der Waals surface area contributed by atoms with Gasteiger partial charge in [-0.05, 0) is 66.6 Å². The molecule has 0 aromatic heterocycles. The fourth-order valence-electron chi connectivity index (χ4n) is 5.36. The second-order valence-electron chi connectivity index (χ2n) is 9.06. The topological polar surface area (TPSA) is 70.1 Å². The Kier molecular flexibility index (Phi) is 6.47. The molecule has 0 saturated carbocycles. The zero-order valence-corrected chi connectivity index (χ0v) is 20.9. The number of aliphatic hydroxyl groups is 1. The summed E-state index contributed by atoms with van der Waals surface area (Å²) in [6, 6.07) is 17.8. The fourth-order valence-corrected chi connectivity index (χ4v) is 7.09. The monoisotopic (exact) mass is 506 g/mol. The minimum Gasteiger partial charge on any atom is -0.497 e. The van der Waals surface area contributed by atoms with Crippen molar-refractivity contribution >= 4 is 15.7 Å². The molecule has 0 amide bonds. The molecule has 2 aliphatic heterocycles. The Labute approximate surface area is 211 Å². The average molecular weight is 507 g/mol. The van der Waals surface area contributed by atoms with Gasteiger partial charge in [0.15, 0.2) is 0 Å². The minimum absolute atomic E-state index is 0.107. The summed E-state index contributed by atoms with van der Waals surface area (Å²) in [5.41, 5.74) is 3.22. The second kappa shape index (κ2) is 9.58. The van der Waals surface area contributed by atoms with Crippen molar-refractivity contribution in [1.82, 2.24) is 4.31 Å². The Hall–Kier alpha value is -3.38. The number of hydrogen-bond acceptors (Lipinski definition) is 5. The Bertz CT molecular complexity index is 1450. The summed E-state index contributed by atoms with van der Waals surface area (Å²) in [6.07, 6.45) is 0.565. The van der Waals surface area contributed by atoms with E-state index in [1.807, 2.05) is 54.4 Å². The van der Waals surface area contributed by atoms with E-state index in [0.717, 1.165) is 34.2 Å². The summed E-state index contributed by atoms with van der Waals surface area (Å²) in [6.45, 7) is 0.140. The smallest absolute Gasteiger partial charge is 0.246 e. The van der Waals surface area contributed by atoms with Gasteiger partial charge in [0.25, 0.3) is 0 Å². The van der Waals surface area contributed by atoms with Gasteiger partial charge in [0.2, 0.25) is 10.0 Å². The molecule has 1 N–H and O–H groups in total. The van der Waals surface area contributed by atoms with Crippen LogP contribution in [-0.4, -0.2) is 51.2 Å². The van der Waals surface area contributed by atoms with Gasteiger partial charge in [-0.2, -0.15) is 4.31 Å². The van der Waals surface area contributed by atoms with Crippen LogP contribution in [0.2, 0.25) is 0 Å². The van der Waals surface area contributed by atoms with Crippen LogP contribution in [0.15, 0.2) is 71.6 Å². The van der Waals surface area contributed by atoms with Crippen LogP contribution in [0.25, 0.3) is 0 Å². The lowest BCUT2D eigenvalue weighted by Crippen LogP contribution is -2.48. The molecule has 2 aliphatic rings. The molecule has 3 aromatic rings. The molecule has 1 fully saturated rings. The number of nitrogens with zero attached hydrogens (tertiary/aromatic N) is 2. The minimum atomic E-state index is -4.10. The van der Waals surface area contributed by atoms with E-state index in [0.29, 0.717) is 6.42 Å². The van der Waals surface area contributed by atoms with E-state index in [-0.39, 0.29) is 30.0 Å². The molecule has 6 nitrogen and oxygen atoms in total. The Balaban J connectivity index is 1.57. The van der Waals surface area contributed by atoms with Gasteiger partial charge in [-0.15, -0.1) is 0 Å². The largest absolute Gasteiger partial charge is 0.497 e. The molecule has 0 spiro atoms. The summed E-state index contributed by atoms with van der Waals surface area (Å²) < 4.78 is 48.4. The lowest BCUT2D eigenvalue weighted by Gasteiger charge is -2.44. The number of methoxy groups -OCH3 is 1. The molecule has 3 aromatic carbocycles. The van der Waals surface area contributed by atoms with Crippen LogP contribution >= 0.6 is 0 Å². The van der Waals surface area contributed by atoms with Crippen LogP contribution in [0.3, 0.4) is 0 Å². The molecule has 5 rings (SSSR count). The molecule has 0 radical (unpaired) electrons. The lowest BCUT2D eigenvalue weighted by atomic mass is 9.82. The van der Waals surface area contributed by atoms with Crippen molar-refractivity contribution in [2.24, 2.45) is 5.92 Å². The summed E-state index contributed by atoms with van der Waals surface area (Å²) in [4.78, 5) is 1.68. The Morgan fingerprint density at radius 1 is 1.06 bits per heavy atom. The van der Waals surface area contributed by atoms with Crippen LogP contribution in [-0.2, 0) is 10.0 Å². The summed E-state index contributed by atoms with van der Waals surface area (Å²) in [5, 5.41) is 10.2. The molecule has 3 atom stereocenters. The van der Waals surface area contributed by atoms with Crippen molar-refractivity contribution in [2.45, 2.75) is 23.4 Å². The molecule has 8 heteroatoms. The SMILES string of the molecule is COc1ccc(C#Cc2ccc3c(c2)[C@H]2[C@H](CCN2S(=O)(=O)c2ccccc2F)[C@H](CO)N3C)cc1. The van der Waals surface area contributed by atoms with E-state index in [2.05, 4.69) is 11.8 Å². The van der Waals surface area contributed by atoms with Crippen molar-refractivity contribution < 1.29 is 22.7 Å². The van der Waals surface area contributed by atoms with Crippen molar-refractivity contribution in [1.29, 1.82) is 0 Å². The number of hydrogen-bond donors (Lipinski definition) is 1. The maximum Gasteiger partial charge on any atom is 0.246 e. The van der Waals surface area contributed by atoms with E-state index < -0.39 is 21.9 Å². The summed E-state index contributed by atoms with van der Waals surface area (Å²) in [5.74, 6) is 6.16. The number of halogens is 1. The lowest BCUT2D eigenvalue weighted by molar-refractivity contribution is 0.193. The van der Waals surface area contributed by atoms with Crippen LogP contribution in [0, 0.1) is 23.6 Å². The van der Waals surface area contributed by atoms with Gasteiger partial charge in [0.1, 0.15) is 16.5 Å². The number of sulfonamides is 1. The van der Waals surface area contributed by atoms with Gasteiger partial charge in [-0.3, -0.25) is 0 Å². The third kappa shape index (κ3) is 4.13. The second-order valence-corrected chi connectivity index (χ2v) is 10.9. The van der Waals surface area contributed by atoms with Crippen LogP contribution < -0.4 is 9.64 Å². The van der Waals surface area contributed by atoms with Crippen LogP contribution in [0.4, 0.5) is 10.1 Å². The third-order valence-corrected chi connectivity index (χ3v) is 9.08. The summed E-state index contributed by atoms with van der Waals surface area (Å²) >= 11 is 0. The van der Waals surface area contributed by atoms with Crippen LogP contribution in [0.5, 0.6) is 5.75 Å². The highest BCUT2D eigenvalue weighted by atomic mass is 32.2. The van der Waals surface area contributed by atoms with E-state index in [9.17, 15) is 17.9 Å². The predicted octanol–water partition coefficient (Wildman–Crippen LogP) is 3.80. The average Bonchev–Trinajstić information content (AvgIpc) is 3.34. The maximum absolute atomic E-state index is 14.6.